The highest BCUT2D eigenvalue weighted by molar-refractivity contribution is 6.31. The van der Waals surface area contributed by atoms with Gasteiger partial charge in [0, 0.05) is 17.5 Å². The van der Waals surface area contributed by atoms with E-state index in [1.165, 1.54) is 0 Å². The SMILES string of the molecule is COc1cccc(Cl)c1C(O)C1(CN)CCC(C)C1. The Morgan fingerprint density at radius 1 is 1.58 bits per heavy atom. The van der Waals surface area contributed by atoms with Crippen molar-refractivity contribution in [1.82, 2.24) is 0 Å². The topological polar surface area (TPSA) is 55.5 Å². The summed E-state index contributed by atoms with van der Waals surface area (Å²) in [6, 6.07) is 5.43. The predicted octanol–water partition coefficient (Wildman–Crippen LogP) is 3.15. The van der Waals surface area contributed by atoms with Gasteiger partial charge in [0.15, 0.2) is 0 Å². The molecule has 1 aromatic rings. The number of hydrogen-bond acceptors (Lipinski definition) is 3. The zero-order valence-electron chi connectivity index (χ0n) is 11.5. The minimum atomic E-state index is -0.675. The van der Waals surface area contributed by atoms with E-state index in [4.69, 9.17) is 22.1 Å². The summed E-state index contributed by atoms with van der Waals surface area (Å²) < 4.78 is 5.34. The molecule has 2 rings (SSSR count). The first-order valence-electron chi connectivity index (χ1n) is 6.74. The van der Waals surface area contributed by atoms with Gasteiger partial charge in [-0.3, -0.25) is 0 Å². The summed E-state index contributed by atoms with van der Waals surface area (Å²) in [5.74, 6) is 1.22. The fourth-order valence-corrected chi connectivity index (χ4v) is 3.51. The lowest BCUT2D eigenvalue weighted by molar-refractivity contribution is 0.0291. The summed E-state index contributed by atoms with van der Waals surface area (Å²) in [5, 5.41) is 11.4. The fourth-order valence-electron chi connectivity index (χ4n) is 3.24. The van der Waals surface area contributed by atoms with Crippen LogP contribution in [0.15, 0.2) is 18.2 Å². The van der Waals surface area contributed by atoms with Crippen LogP contribution in [0, 0.1) is 11.3 Å². The van der Waals surface area contributed by atoms with E-state index in [0.717, 1.165) is 19.3 Å². The molecular formula is C15H22ClNO2. The molecule has 4 heteroatoms. The van der Waals surface area contributed by atoms with E-state index in [9.17, 15) is 5.11 Å². The Morgan fingerprint density at radius 2 is 2.32 bits per heavy atom. The average Bonchev–Trinajstić information content (AvgIpc) is 2.80. The molecule has 3 unspecified atom stereocenters. The van der Waals surface area contributed by atoms with Crippen LogP contribution in [-0.4, -0.2) is 18.8 Å². The highest BCUT2D eigenvalue weighted by Crippen LogP contribution is 2.51. The molecule has 0 aliphatic heterocycles. The molecule has 3 N–H and O–H groups in total. The predicted molar refractivity (Wildman–Crippen MR) is 77.5 cm³/mol. The van der Waals surface area contributed by atoms with Crippen LogP contribution in [0.5, 0.6) is 5.75 Å². The van der Waals surface area contributed by atoms with E-state index in [1.807, 2.05) is 12.1 Å². The number of hydrogen-bond donors (Lipinski definition) is 2. The van der Waals surface area contributed by atoms with E-state index in [1.54, 1.807) is 13.2 Å². The molecule has 1 aliphatic rings. The van der Waals surface area contributed by atoms with Crippen LogP contribution in [0.3, 0.4) is 0 Å². The second kappa shape index (κ2) is 5.70. The van der Waals surface area contributed by atoms with E-state index < -0.39 is 6.10 Å². The largest absolute Gasteiger partial charge is 0.496 e. The number of ether oxygens (including phenoxy) is 1. The molecule has 106 valence electrons. The molecule has 0 aromatic heterocycles. The molecule has 1 fully saturated rings. The number of aliphatic hydroxyl groups excluding tert-OH is 1. The summed E-state index contributed by atoms with van der Waals surface area (Å²) in [6.07, 6.45) is 2.28. The van der Waals surface area contributed by atoms with Gasteiger partial charge in [-0.05, 0) is 30.9 Å². The zero-order valence-corrected chi connectivity index (χ0v) is 12.3. The van der Waals surface area contributed by atoms with Crippen molar-refractivity contribution in [3.05, 3.63) is 28.8 Å². The maximum atomic E-state index is 10.8. The van der Waals surface area contributed by atoms with E-state index in [2.05, 4.69) is 6.92 Å². The van der Waals surface area contributed by atoms with Crippen molar-refractivity contribution in [3.8, 4) is 5.75 Å². The Morgan fingerprint density at radius 3 is 2.84 bits per heavy atom. The van der Waals surface area contributed by atoms with Crippen molar-refractivity contribution in [2.24, 2.45) is 17.1 Å². The maximum absolute atomic E-state index is 10.8. The third kappa shape index (κ3) is 2.60. The van der Waals surface area contributed by atoms with Crippen molar-refractivity contribution in [3.63, 3.8) is 0 Å². The average molecular weight is 284 g/mol. The molecule has 0 spiro atoms. The molecule has 0 amide bonds. The van der Waals surface area contributed by atoms with Crippen LogP contribution in [0.2, 0.25) is 5.02 Å². The Balaban J connectivity index is 2.41. The van der Waals surface area contributed by atoms with E-state index in [0.29, 0.717) is 28.8 Å². The van der Waals surface area contributed by atoms with Gasteiger partial charge < -0.3 is 15.6 Å². The van der Waals surface area contributed by atoms with Gasteiger partial charge in [0.1, 0.15) is 5.75 Å². The van der Waals surface area contributed by atoms with Crippen LogP contribution in [0.1, 0.15) is 37.9 Å². The van der Waals surface area contributed by atoms with Crippen LogP contribution < -0.4 is 10.5 Å². The van der Waals surface area contributed by atoms with E-state index >= 15 is 0 Å². The smallest absolute Gasteiger partial charge is 0.126 e. The van der Waals surface area contributed by atoms with Gasteiger partial charge in [0.05, 0.1) is 18.2 Å². The highest BCUT2D eigenvalue weighted by Gasteiger charge is 2.44. The van der Waals surface area contributed by atoms with Gasteiger partial charge >= 0.3 is 0 Å². The van der Waals surface area contributed by atoms with Crippen molar-refractivity contribution in [2.45, 2.75) is 32.3 Å². The summed E-state index contributed by atoms with van der Waals surface area (Å²) >= 11 is 6.26. The lowest BCUT2D eigenvalue weighted by Gasteiger charge is -2.34. The molecule has 0 bridgehead atoms. The molecule has 0 saturated heterocycles. The van der Waals surface area contributed by atoms with Gasteiger partial charge in [-0.15, -0.1) is 0 Å². The van der Waals surface area contributed by atoms with Gasteiger partial charge in [0.25, 0.3) is 0 Å². The third-order valence-electron chi connectivity index (χ3n) is 4.38. The quantitative estimate of drug-likeness (QED) is 0.892. The second-order valence-corrected chi connectivity index (χ2v) is 6.08. The Bertz CT molecular complexity index is 452. The van der Waals surface area contributed by atoms with E-state index in [-0.39, 0.29) is 5.41 Å². The number of halogens is 1. The molecule has 1 aliphatic carbocycles. The summed E-state index contributed by atoms with van der Waals surface area (Å²) in [6.45, 7) is 2.67. The van der Waals surface area contributed by atoms with Crippen molar-refractivity contribution in [2.75, 3.05) is 13.7 Å². The minimum Gasteiger partial charge on any atom is -0.496 e. The van der Waals surface area contributed by atoms with Gasteiger partial charge in [-0.1, -0.05) is 31.0 Å². The molecule has 0 radical (unpaired) electrons. The third-order valence-corrected chi connectivity index (χ3v) is 4.71. The van der Waals surface area contributed by atoms with Crippen LogP contribution in [0.25, 0.3) is 0 Å². The molecular weight excluding hydrogens is 262 g/mol. The first-order valence-corrected chi connectivity index (χ1v) is 7.12. The number of nitrogens with two attached hydrogens (primary N) is 1. The highest BCUT2D eigenvalue weighted by atomic mass is 35.5. The summed E-state index contributed by atoms with van der Waals surface area (Å²) in [7, 11) is 1.59. The van der Waals surface area contributed by atoms with Gasteiger partial charge in [-0.2, -0.15) is 0 Å². The molecule has 1 saturated carbocycles. The van der Waals surface area contributed by atoms with Crippen LogP contribution in [0.4, 0.5) is 0 Å². The molecule has 1 aromatic carbocycles. The lowest BCUT2D eigenvalue weighted by Crippen LogP contribution is -2.35. The lowest BCUT2D eigenvalue weighted by atomic mass is 9.76. The van der Waals surface area contributed by atoms with Gasteiger partial charge in [-0.25, -0.2) is 0 Å². The number of methoxy groups -OCH3 is 1. The van der Waals surface area contributed by atoms with Crippen LogP contribution >= 0.6 is 11.6 Å². The minimum absolute atomic E-state index is 0.280. The fraction of sp³-hybridized carbons (Fsp3) is 0.600. The zero-order chi connectivity index (χ0) is 14.0. The normalized spacial score (nSPS) is 28.4. The van der Waals surface area contributed by atoms with Crippen molar-refractivity contribution >= 4 is 11.6 Å². The maximum Gasteiger partial charge on any atom is 0.126 e. The van der Waals surface area contributed by atoms with Crippen molar-refractivity contribution < 1.29 is 9.84 Å². The van der Waals surface area contributed by atoms with Gasteiger partial charge in [0.2, 0.25) is 0 Å². The first-order chi connectivity index (χ1) is 9.04. The number of aliphatic hydroxyl groups is 1. The van der Waals surface area contributed by atoms with Crippen molar-refractivity contribution in [1.29, 1.82) is 0 Å². The number of benzene rings is 1. The second-order valence-electron chi connectivity index (χ2n) is 5.67. The Labute approximate surface area is 119 Å². The standard InChI is InChI=1S/C15H22ClNO2/c1-10-6-7-15(8-10,9-17)14(18)13-11(16)4-3-5-12(13)19-2/h3-5,10,14,18H,6-9,17H2,1-2H3. The molecule has 0 heterocycles. The molecule has 3 atom stereocenters. The first kappa shape index (κ1) is 14.6. The molecule has 19 heavy (non-hydrogen) atoms. The Hall–Kier alpha value is -0.770. The summed E-state index contributed by atoms with van der Waals surface area (Å²) in [5.41, 5.74) is 6.36. The Kier molecular flexibility index (Phi) is 4.39. The summed E-state index contributed by atoms with van der Waals surface area (Å²) in [4.78, 5) is 0. The van der Waals surface area contributed by atoms with Crippen LogP contribution in [-0.2, 0) is 0 Å². The monoisotopic (exact) mass is 283 g/mol. The molecule has 3 nitrogen and oxygen atoms in total. The number of rotatable bonds is 4.